The van der Waals surface area contributed by atoms with Gasteiger partial charge in [-0.1, -0.05) is 13.3 Å². The second kappa shape index (κ2) is 6.34. The highest BCUT2D eigenvalue weighted by molar-refractivity contribution is 14.1. The molecule has 20 heavy (non-hydrogen) atoms. The number of phenolic OH excluding ortho intramolecular Hbond substituents is 1. The monoisotopic (exact) mass is 387 g/mol. The highest BCUT2D eigenvalue weighted by Crippen LogP contribution is 2.27. The lowest BCUT2D eigenvalue weighted by Crippen LogP contribution is -2.05. The average Bonchev–Trinajstić information content (AvgIpc) is 2.40. The number of nitrogens with zero attached hydrogens (tertiary/aromatic N) is 2. The molecule has 1 heterocycles. The molecule has 0 amide bonds. The number of halogens is 2. The number of rotatable bonds is 4. The van der Waals surface area contributed by atoms with Crippen molar-refractivity contribution in [2.45, 2.75) is 19.8 Å². The van der Waals surface area contributed by atoms with Crippen molar-refractivity contribution in [3.63, 3.8) is 0 Å². The summed E-state index contributed by atoms with van der Waals surface area (Å²) >= 11 is 2.20. The third-order valence-electron chi connectivity index (χ3n) is 2.78. The maximum absolute atomic E-state index is 13.4. The van der Waals surface area contributed by atoms with Gasteiger partial charge in [0.2, 0.25) is 0 Å². The molecular weight excluding hydrogens is 372 g/mol. The molecule has 2 aromatic rings. The average molecular weight is 387 g/mol. The Labute approximate surface area is 130 Å². The third-order valence-corrected chi connectivity index (χ3v) is 3.92. The van der Waals surface area contributed by atoms with Crippen LogP contribution < -0.4 is 5.32 Å². The zero-order valence-electron chi connectivity index (χ0n) is 11.2. The predicted octanol–water partition coefficient (Wildman–Crippen LogP) is 3.59. The number of nitrogens with one attached hydrogen (secondary N) is 1. The van der Waals surface area contributed by atoms with Crippen LogP contribution in [0.1, 0.15) is 19.0 Å². The van der Waals surface area contributed by atoms with Crippen molar-refractivity contribution >= 4 is 28.4 Å². The van der Waals surface area contributed by atoms with Crippen LogP contribution >= 0.6 is 22.6 Å². The molecule has 0 bridgehead atoms. The summed E-state index contributed by atoms with van der Waals surface area (Å²) in [5.41, 5.74) is 1.39. The molecule has 0 saturated heterocycles. The van der Waals surface area contributed by atoms with E-state index in [1.165, 1.54) is 12.1 Å². The highest BCUT2D eigenvalue weighted by atomic mass is 127. The summed E-state index contributed by atoms with van der Waals surface area (Å²) in [7, 11) is 1.78. The van der Waals surface area contributed by atoms with E-state index in [4.69, 9.17) is 0 Å². The van der Waals surface area contributed by atoms with Crippen molar-refractivity contribution in [3.8, 4) is 17.1 Å². The molecule has 0 saturated carbocycles. The second-order valence-corrected chi connectivity index (χ2v) is 5.43. The number of hydrogen-bond acceptors (Lipinski definition) is 4. The van der Waals surface area contributed by atoms with Crippen LogP contribution in [0.3, 0.4) is 0 Å². The first-order chi connectivity index (χ1) is 9.55. The van der Waals surface area contributed by atoms with Crippen LogP contribution in [0.5, 0.6) is 5.75 Å². The fourth-order valence-electron chi connectivity index (χ4n) is 1.89. The number of anilines is 1. The maximum Gasteiger partial charge on any atom is 0.162 e. The molecule has 0 aliphatic rings. The standard InChI is InChI=1S/C14H15FIN3O/c1-3-4-11-12(16)14(17-2)19-13(18-11)8-5-9(15)7-10(20)6-8/h5-7,20H,3-4H2,1-2H3,(H,17,18,19). The van der Waals surface area contributed by atoms with E-state index in [9.17, 15) is 9.50 Å². The number of aryl methyl sites for hydroxylation is 1. The van der Waals surface area contributed by atoms with Gasteiger partial charge in [-0.05, 0) is 41.1 Å². The molecule has 0 aliphatic heterocycles. The molecule has 6 heteroatoms. The summed E-state index contributed by atoms with van der Waals surface area (Å²) in [6.07, 6.45) is 1.79. The quantitative estimate of drug-likeness (QED) is 0.788. The van der Waals surface area contributed by atoms with E-state index in [0.717, 1.165) is 28.2 Å². The minimum Gasteiger partial charge on any atom is -0.508 e. The maximum atomic E-state index is 13.4. The summed E-state index contributed by atoms with van der Waals surface area (Å²) in [6, 6.07) is 3.83. The van der Waals surface area contributed by atoms with Crippen LogP contribution in [0.25, 0.3) is 11.4 Å². The largest absolute Gasteiger partial charge is 0.508 e. The Hall–Kier alpha value is -1.44. The number of aromatic nitrogens is 2. The summed E-state index contributed by atoms with van der Waals surface area (Å²) in [6.45, 7) is 2.07. The van der Waals surface area contributed by atoms with Crippen molar-refractivity contribution in [1.82, 2.24) is 9.97 Å². The van der Waals surface area contributed by atoms with Crippen molar-refractivity contribution in [2.75, 3.05) is 12.4 Å². The first-order valence-electron chi connectivity index (χ1n) is 6.29. The van der Waals surface area contributed by atoms with Gasteiger partial charge in [-0.3, -0.25) is 0 Å². The zero-order valence-corrected chi connectivity index (χ0v) is 13.4. The molecule has 0 spiro atoms. The SMILES string of the molecule is CCCc1nc(-c2cc(O)cc(F)c2)nc(NC)c1I. The van der Waals surface area contributed by atoms with Gasteiger partial charge in [-0.2, -0.15) is 0 Å². The summed E-state index contributed by atoms with van der Waals surface area (Å²) < 4.78 is 14.4. The number of phenols is 1. The van der Waals surface area contributed by atoms with E-state index >= 15 is 0 Å². The van der Waals surface area contributed by atoms with Crippen molar-refractivity contribution in [2.24, 2.45) is 0 Å². The van der Waals surface area contributed by atoms with E-state index in [1.807, 2.05) is 0 Å². The Morgan fingerprint density at radius 1 is 1.30 bits per heavy atom. The Bertz CT molecular complexity index is 614. The molecule has 106 valence electrons. The Balaban J connectivity index is 2.58. The summed E-state index contributed by atoms with van der Waals surface area (Å²) in [5, 5.41) is 12.5. The molecule has 2 N–H and O–H groups in total. The van der Waals surface area contributed by atoms with E-state index < -0.39 is 5.82 Å². The Morgan fingerprint density at radius 2 is 2.05 bits per heavy atom. The number of hydrogen-bond donors (Lipinski definition) is 2. The molecule has 0 unspecified atom stereocenters. The normalized spacial score (nSPS) is 10.6. The van der Waals surface area contributed by atoms with Gasteiger partial charge in [0.1, 0.15) is 17.4 Å². The van der Waals surface area contributed by atoms with Gasteiger partial charge in [0, 0.05) is 18.7 Å². The summed E-state index contributed by atoms with van der Waals surface area (Å²) in [4.78, 5) is 8.87. The van der Waals surface area contributed by atoms with E-state index in [1.54, 1.807) is 7.05 Å². The smallest absolute Gasteiger partial charge is 0.162 e. The van der Waals surface area contributed by atoms with Gasteiger partial charge in [0.25, 0.3) is 0 Å². The Morgan fingerprint density at radius 3 is 2.65 bits per heavy atom. The lowest BCUT2D eigenvalue weighted by molar-refractivity contribution is 0.469. The molecule has 0 radical (unpaired) electrons. The van der Waals surface area contributed by atoms with Crippen LogP contribution in [0.4, 0.5) is 10.2 Å². The number of benzene rings is 1. The van der Waals surface area contributed by atoms with Crippen molar-refractivity contribution < 1.29 is 9.50 Å². The first-order valence-corrected chi connectivity index (χ1v) is 7.37. The molecule has 0 fully saturated rings. The predicted molar refractivity (Wildman–Crippen MR) is 85.3 cm³/mol. The van der Waals surface area contributed by atoms with Crippen LogP contribution in [-0.4, -0.2) is 22.1 Å². The molecule has 1 aromatic carbocycles. The lowest BCUT2D eigenvalue weighted by Gasteiger charge is -2.11. The molecule has 0 aliphatic carbocycles. The highest BCUT2D eigenvalue weighted by Gasteiger charge is 2.13. The second-order valence-electron chi connectivity index (χ2n) is 4.35. The third kappa shape index (κ3) is 3.17. The van der Waals surface area contributed by atoms with Gasteiger partial charge in [0.15, 0.2) is 5.82 Å². The minimum atomic E-state index is -0.509. The van der Waals surface area contributed by atoms with Gasteiger partial charge in [-0.25, -0.2) is 14.4 Å². The number of aromatic hydroxyl groups is 1. The molecular formula is C14H15FIN3O. The fourth-order valence-corrected chi connectivity index (χ4v) is 2.67. The first kappa shape index (κ1) is 15.0. The summed E-state index contributed by atoms with van der Waals surface area (Å²) in [5.74, 6) is 0.478. The zero-order chi connectivity index (χ0) is 14.7. The van der Waals surface area contributed by atoms with Crippen molar-refractivity contribution in [3.05, 3.63) is 33.3 Å². The Kier molecular flexibility index (Phi) is 4.74. The van der Waals surface area contributed by atoms with Crippen molar-refractivity contribution in [1.29, 1.82) is 0 Å². The van der Waals surface area contributed by atoms with Crippen LogP contribution in [0.2, 0.25) is 0 Å². The van der Waals surface area contributed by atoms with E-state index in [0.29, 0.717) is 17.2 Å². The lowest BCUT2D eigenvalue weighted by atomic mass is 10.1. The molecule has 2 rings (SSSR count). The van der Waals surface area contributed by atoms with Crippen LogP contribution in [-0.2, 0) is 6.42 Å². The van der Waals surface area contributed by atoms with Gasteiger partial charge in [-0.15, -0.1) is 0 Å². The van der Waals surface area contributed by atoms with Crippen LogP contribution in [0.15, 0.2) is 18.2 Å². The van der Waals surface area contributed by atoms with Gasteiger partial charge in [0.05, 0.1) is 9.26 Å². The van der Waals surface area contributed by atoms with E-state index in [2.05, 4.69) is 44.8 Å². The minimum absolute atomic E-state index is 0.134. The molecule has 4 nitrogen and oxygen atoms in total. The van der Waals surface area contributed by atoms with Gasteiger partial charge < -0.3 is 10.4 Å². The fraction of sp³-hybridized carbons (Fsp3) is 0.286. The van der Waals surface area contributed by atoms with Crippen LogP contribution in [0, 0.1) is 9.39 Å². The topological polar surface area (TPSA) is 58.0 Å². The molecule has 0 atom stereocenters. The molecule has 1 aromatic heterocycles. The van der Waals surface area contributed by atoms with E-state index in [-0.39, 0.29) is 5.75 Å². The van der Waals surface area contributed by atoms with Gasteiger partial charge >= 0.3 is 0 Å².